The van der Waals surface area contributed by atoms with E-state index in [0.717, 1.165) is 12.5 Å². The van der Waals surface area contributed by atoms with Gasteiger partial charge < -0.3 is 10.1 Å². The van der Waals surface area contributed by atoms with Gasteiger partial charge in [0.05, 0.1) is 18.1 Å². The van der Waals surface area contributed by atoms with Gasteiger partial charge in [0.2, 0.25) is 0 Å². The van der Waals surface area contributed by atoms with Crippen molar-refractivity contribution < 1.29 is 13.2 Å². The Kier molecular flexibility index (Phi) is 6.31. The first-order valence-electron chi connectivity index (χ1n) is 6.04. The lowest BCUT2D eigenvalue weighted by atomic mass is 10.1. The van der Waals surface area contributed by atoms with Crippen LogP contribution < -0.4 is 5.32 Å². The Hall–Kier alpha value is -0.130. The third-order valence-electron chi connectivity index (χ3n) is 3.10. The molecule has 0 aromatic rings. The number of methoxy groups -OCH3 is 1. The van der Waals surface area contributed by atoms with Gasteiger partial charge in [-0.25, -0.2) is 8.42 Å². The average molecular weight is 249 g/mol. The van der Waals surface area contributed by atoms with Crippen LogP contribution in [0.5, 0.6) is 0 Å². The highest BCUT2D eigenvalue weighted by molar-refractivity contribution is 7.91. The lowest BCUT2D eigenvalue weighted by molar-refractivity contribution is 0.217. The second kappa shape index (κ2) is 7.25. The van der Waals surface area contributed by atoms with Crippen molar-refractivity contribution in [1.29, 1.82) is 0 Å². The van der Waals surface area contributed by atoms with Gasteiger partial charge in [-0.1, -0.05) is 12.8 Å². The van der Waals surface area contributed by atoms with Gasteiger partial charge in [0.15, 0.2) is 9.84 Å². The molecule has 0 amide bonds. The molecule has 1 aliphatic carbocycles. The first-order valence-corrected chi connectivity index (χ1v) is 7.86. The van der Waals surface area contributed by atoms with Crippen LogP contribution >= 0.6 is 0 Å². The zero-order chi connectivity index (χ0) is 11.9. The van der Waals surface area contributed by atoms with Gasteiger partial charge >= 0.3 is 0 Å². The molecule has 0 aromatic heterocycles. The summed E-state index contributed by atoms with van der Waals surface area (Å²) in [5, 5.41) is 3.24. The minimum absolute atomic E-state index is 0.134. The van der Waals surface area contributed by atoms with E-state index in [-0.39, 0.29) is 11.5 Å². The summed E-state index contributed by atoms with van der Waals surface area (Å²) >= 11 is 0. The van der Waals surface area contributed by atoms with E-state index in [1.807, 2.05) is 0 Å². The topological polar surface area (TPSA) is 55.4 Å². The van der Waals surface area contributed by atoms with E-state index in [1.54, 1.807) is 0 Å². The van der Waals surface area contributed by atoms with Gasteiger partial charge in [0, 0.05) is 13.7 Å². The molecule has 0 unspecified atom stereocenters. The maximum atomic E-state index is 11.5. The zero-order valence-electron chi connectivity index (χ0n) is 10.1. The normalized spacial score (nSPS) is 18.1. The number of ether oxygens (including phenoxy) is 1. The van der Waals surface area contributed by atoms with E-state index in [0.29, 0.717) is 13.2 Å². The molecule has 96 valence electrons. The largest absolute Gasteiger partial charge is 0.384 e. The molecule has 0 atom stereocenters. The molecule has 0 spiro atoms. The summed E-state index contributed by atoms with van der Waals surface area (Å²) in [5.41, 5.74) is 0. The van der Waals surface area contributed by atoms with Crippen molar-refractivity contribution in [3.8, 4) is 0 Å². The lowest BCUT2D eigenvalue weighted by Gasteiger charge is -2.10. The first-order chi connectivity index (χ1) is 7.64. The van der Waals surface area contributed by atoms with Gasteiger partial charge in [-0.15, -0.1) is 0 Å². The SMILES string of the molecule is COCCS(=O)(=O)CCNCC1CCCC1. The number of rotatable bonds is 8. The zero-order valence-corrected chi connectivity index (χ0v) is 10.9. The van der Waals surface area contributed by atoms with Crippen LogP contribution in [0.3, 0.4) is 0 Å². The smallest absolute Gasteiger partial charge is 0.153 e. The van der Waals surface area contributed by atoms with Crippen LogP contribution in [0.15, 0.2) is 0 Å². The third kappa shape index (κ3) is 5.82. The van der Waals surface area contributed by atoms with E-state index >= 15 is 0 Å². The molecule has 0 bridgehead atoms. The van der Waals surface area contributed by atoms with E-state index < -0.39 is 9.84 Å². The van der Waals surface area contributed by atoms with E-state index in [2.05, 4.69) is 5.32 Å². The van der Waals surface area contributed by atoms with Crippen LogP contribution in [-0.4, -0.2) is 46.7 Å². The molecule has 1 rings (SSSR count). The van der Waals surface area contributed by atoms with Gasteiger partial charge in [-0.3, -0.25) is 0 Å². The van der Waals surface area contributed by atoms with Crippen molar-refractivity contribution in [2.24, 2.45) is 5.92 Å². The molecule has 0 aromatic carbocycles. The summed E-state index contributed by atoms with van der Waals surface area (Å²) in [7, 11) is -1.41. The Morgan fingerprint density at radius 2 is 1.94 bits per heavy atom. The highest BCUT2D eigenvalue weighted by Crippen LogP contribution is 2.23. The van der Waals surface area contributed by atoms with E-state index in [1.165, 1.54) is 32.8 Å². The van der Waals surface area contributed by atoms with Crippen molar-refractivity contribution >= 4 is 9.84 Å². The summed E-state index contributed by atoms with van der Waals surface area (Å²) in [6.45, 7) is 1.84. The number of hydrogen-bond donors (Lipinski definition) is 1. The van der Waals surface area contributed by atoms with Crippen molar-refractivity contribution in [1.82, 2.24) is 5.32 Å². The van der Waals surface area contributed by atoms with Gasteiger partial charge in [-0.2, -0.15) is 0 Å². The van der Waals surface area contributed by atoms with Crippen LogP contribution in [0, 0.1) is 5.92 Å². The Bertz CT molecular complexity index is 271. The monoisotopic (exact) mass is 249 g/mol. The molecule has 0 saturated heterocycles. The lowest BCUT2D eigenvalue weighted by Crippen LogP contribution is -2.28. The summed E-state index contributed by atoms with van der Waals surface area (Å²) < 4.78 is 27.7. The molecule has 1 saturated carbocycles. The molecule has 1 aliphatic rings. The summed E-state index contributed by atoms with van der Waals surface area (Å²) in [6, 6.07) is 0. The first kappa shape index (κ1) is 13.9. The molecule has 16 heavy (non-hydrogen) atoms. The molecular formula is C11H23NO3S. The van der Waals surface area contributed by atoms with Crippen LogP contribution in [0.2, 0.25) is 0 Å². The minimum Gasteiger partial charge on any atom is -0.384 e. The molecule has 0 heterocycles. The molecule has 1 fully saturated rings. The van der Waals surface area contributed by atoms with Crippen LogP contribution in [0.1, 0.15) is 25.7 Å². The number of nitrogens with one attached hydrogen (secondary N) is 1. The minimum atomic E-state index is -2.93. The fraction of sp³-hybridized carbons (Fsp3) is 1.00. The predicted molar refractivity (Wildman–Crippen MR) is 65.4 cm³/mol. The quantitative estimate of drug-likeness (QED) is 0.647. The molecule has 5 heteroatoms. The average Bonchev–Trinajstić information content (AvgIpc) is 2.75. The maximum Gasteiger partial charge on any atom is 0.153 e. The molecular weight excluding hydrogens is 226 g/mol. The number of hydrogen-bond acceptors (Lipinski definition) is 4. The van der Waals surface area contributed by atoms with Crippen LogP contribution in [0.25, 0.3) is 0 Å². The number of sulfone groups is 1. The van der Waals surface area contributed by atoms with E-state index in [4.69, 9.17) is 4.74 Å². The van der Waals surface area contributed by atoms with Crippen LogP contribution in [0.4, 0.5) is 0 Å². The maximum absolute atomic E-state index is 11.5. The van der Waals surface area contributed by atoms with E-state index in [9.17, 15) is 8.42 Å². The second-order valence-corrected chi connectivity index (χ2v) is 6.80. The third-order valence-corrected chi connectivity index (χ3v) is 4.71. The van der Waals surface area contributed by atoms with Crippen molar-refractivity contribution in [2.75, 3.05) is 38.3 Å². The van der Waals surface area contributed by atoms with Crippen LogP contribution in [-0.2, 0) is 14.6 Å². The van der Waals surface area contributed by atoms with Crippen molar-refractivity contribution in [3.63, 3.8) is 0 Å². The highest BCUT2D eigenvalue weighted by atomic mass is 32.2. The Labute approximate surface area is 98.7 Å². The second-order valence-electron chi connectivity index (χ2n) is 4.50. The summed E-state index contributed by atoms with van der Waals surface area (Å²) in [4.78, 5) is 0. The molecule has 0 aliphatic heterocycles. The highest BCUT2D eigenvalue weighted by Gasteiger charge is 2.15. The van der Waals surface area contributed by atoms with Crippen molar-refractivity contribution in [3.05, 3.63) is 0 Å². The summed E-state index contributed by atoms with van der Waals surface area (Å²) in [6.07, 6.45) is 5.25. The summed E-state index contributed by atoms with van der Waals surface area (Å²) in [5.74, 6) is 1.12. The van der Waals surface area contributed by atoms with Gasteiger partial charge in [0.1, 0.15) is 0 Å². The standard InChI is InChI=1S/C11H23NO3S/c1-15-7-9-16(13,14)8-6-12-10-11-4-2-3-5-11/h11-12H,2-10H2,1H3. The fourth-order valence-electron chi connectivity index (χ4n) is 2.06. The predicted octanol–water partition coefficient (Wildman–Crippen LogP) is 0.827. The van der Waals surface area contributed by atoms with Crippen molar-refractivity contribution in [2.45, 2.75) is 25.7 Å². The van der Waals surface area contributed by atoms with Gasteiger partial charge in [-0.05, 0) is 25.3 Å². The molecule has 4 nitrogen and oxygen atoms in total. The van der Waals surface area contributed by atoms with Gasteiger partial charge in [0.25, 0.3) is 0 Å². The molecule has 1 N–H and O–H groups in total. The Morgan fingerprint density at radius 3 is 2.56 bits per heavy atom. The molecule has 0 radical (unpaired) electrons. The fourth-order valence-corrected chi connectivity index (χ4v) is 3.14. The Morgan fingerprint density at radius 1 is 1.25 bits per heavy atom. The Balaban J connectivity index is 2.05.